The second-order valence-electron chi connectivity index (χ2n) is 5.84. The van der Waals surface area contributed by atoms with Crippen molar-refractivity contribution in [3.05, 3.63) is 59.8 Å². The van der Waals surface area contributed by atoms with Crippen LogP contribution in [0.25, 0.3) is 10.9 Å². The second-order valence-corrected chi connectivity index (χ2v) is 5.84. The minimum Gasteiger partial charge on any atom is -0.497 e. The maximum atomic E-state index is 12.5. The zero-order chi connectivity index (χ0) is 20.1. The highest BCUT2D eigenvalue weighted by atomic mass is 16.5. The molecule has 0 saturated carbocycles. The number of aromatic nitrogens is 1. The number of nitrogens with zero attached hydrogens (tertiary/aromatic N) is 1. The molecule has 0 atom stereocenters. The first-order valence-electron chi connectivity index (χ1n) is 8.66. The van der Waals surface area contributed by atoms with Crippen LogP contribution < -0.4 is 10.1 Å². The number of nitrogens with one attached hydrogen (secondary N) is 1. The van der Waals surface area contributed by atoms with Crippen molar-refractivity contribution < 1.29 is 23.8 Å². The second kappa shape index (κ2) is 8.39. The summed E-state index contributed by atoms with van der Waals surface area (Å²) in [4.78, 5) is 28.7. The lowest BCUT2D eigenvalue weighted by Crippen LogP contribution is -2.10. The van der Waals surface area contributed by atoms with Gasteiger partial charge in [0.25, 0.3) is 0 Å². The predicted octanol–water partition coefficient (Wildman–Crippen LogP) is 3.95. The fourth-order valence-corrected chi connectivity index (χ4v) is 2.75. The van der Waals surface area contributed by atoms with Gasteiger partial charge in [-0.1, -0.05) is 0 Å². The number of hydrogen-bond donors (Lipinski definition) is 1. The van der Waals surface area contributed by atoms with E-state index in [1.165, 1.54) is 13.3 Å². The minimum absolute atomic E-state index is 0.237. The van der Waals surface area contributed by atoms with E-state index in [1.807, 2.05) is 12.1 Å². The Bertz CT molecular complexity index is 1020. The number of fused-ring (bicyclic) bond motifs is 1. The average Bonchev–Trinajstić information content (AvgIpc) is 2.73. The highest BCUT2D eigenvalue weighted by molar-refractivity contribution is 6.07. The topological polar surface area (TPSA) is 86.8 Å². The fraction of sp³-hybridized carbons (Fsp3) is 0.190. The first-order valence-corrected chi connectivity index (χ1v) is 8.66. The Kier molecular flexibility index (Phi) is 5.74. The Hall–Kier alpha value is -3.61. The van der Waals surface area contributed by atoms with Crippen LogP contribution in [0.5, 0.6) is 5.75 Å². The summed E-state index contributed by atoms with van der Waals surface area (Å²) in [5.74, 6) is -0.265. The summed E-state index contributed by atoms with van der Waals surface area (Å²) in [6.07, 6.45) is 1.46. The third kappa shape index (κ3) is 3.88. The molecule has 3 rings (SSSR count). The minimum atomic E-state index is -0.503. The van der Waals surface area contributed by atoms with Gasteiger partial charge in [-0.25, -0.2) is 9.59 Å². The molecule has 0 saturated heterocycles. The van der Waals surface area contributed by atoms with Crippen LogP contribution in [0.2, 0.25) is 0 Å². The summed E-state index contributed by atoms with van der Waals surface area (Å²) in [5, 5.41) is 3.84. The maximum absolute atomic E-state index is 12.5. The highest BCUT2D eigenvalue weighted by Crippen LogP contribution is 2.31. The molecule has 0 aliphatic carbocycles. The molecule has 0 spiro atoms. The molecule has 0 unspecified atom stereocenters. The van der Waals surface area contributed by atoms with Gasteiger partial charge in [0, 0.05) is 17.3 Å². The number of methoxy groups -OCH3 is 2. The summed E-state index contributed by atoms with van der Waals surface area (Å²) in [5.41, 5.74) is 2.49. The van der Waals surface area contributed by atoms with Gasteiger partial charge in [0.1, 0.15) is 11.3 Å². The van der Waals surface area contributed by atoms with Crippen molar-refractivity contribution >= 4 is 34.2 Å². The van der Waals surface area contributed by atoms with Crippen LogP contribution in [-0.4, -0.2) is 37.7 Å². The Morgan fingerprint density at radius 1 is 1.04 bits per heavy atom. The number of hydrogen-bond acceptors (Lipinski definition) is 7. The van der Waals surface area contributed by atoms with E-state index < -0.39 is 11.9 Å². The van der Waals surface area contributed by atoms with E-state index in [4.69, 9.17) is 14.2 Å². The van der Waals surface area contributed by atoms with E-state index in [0.29, 0.717) is 27.9 Å². The molecule has 0 radical (unpaired) electrons. The van der Waals surface area contributed by atoms with Gasteiger partial charge in [0.15, 0.2) is 0 Å². The SMILES string of the molecule is CCOC(=O)c1cnc2ccc(C(=O)OC)cc2c1Nc1ccc(OC)cc1. The first kappa shape index (κ1) is 19.2. The zero-order valence-electron chi connectivity index (χ0n) is 15.8. The number of pyridine rings is 1. The average molecular weight is 380 g/mol. The molecule has 3 aromatic rings. The molecule has 1 aromatic heterocycles. The standard InChI is InChI=1S/C21H20N2O5/c1-4-28-21(25)17-12-22-18-10-5-13(20(24)27-3)11-16(18)19(17)23-14-6-8-15(26-2)9-7-14/h5-12H,4H2,1-3H3,(H,22,23). The number of carbonyl (C=O) groups is 2. The van der Waals surface area contributed by atoms with Gasteiger partial charge in [-0.3, -0.25) is 4.98 Å². The van der Waals surface area contributed by atoms with Crippen molar-refractivity contribution in [1.29, 1.82) is 0 Å². The number of rotatable bonds is 6. The largest absolute Gasteiger partial charge is 0.497 e. The third-order valence-corrected chi connectivity index (χ3v) is 4.14. The van der Waals surface area contributed by atoms with Gasteiger partial charge in [0.2, 0.25) is 0 Å². The Balaban J connectivity index is 2.16. The highest BCUT2D eigenvalue weighted by Gasteiger charge is 2.18. The summed E-state index contributed by atoms with van der Waals surface area (Å²) in [6, 6.07) is 12.2. The van der Waals surface area contributed by atoms with Gasteiger partial charge in [-0.15, -0.1) is 0 Å². The Morgan fingerprint density at radius 3 is 2.43 bits per heavy atom. The van der Waals surface area contributed by atoms with Crippen LogP contribution in [0.3, 0.4) is 0 Å². The lowest BCUT2D eigenvalue weighted by molar-refractivity contribution is 0.0526. The molecular weight excluding hydrogens is 360 g/mol. The lowest BCUT2D eigenvalue weighted by atomic mass is 10.1. The molecule has 0 bridgehead atoms. The van der Waals surface area contributed by atoms with Crippen LogP contribution in [0.15, 0.2) is 48.7 Å². The van der Waals surface area contributed by atoms with Crippen molar-refractivity contribution in [2.75, 3.05) is 26.1 Å². The van der Waals surface area contributed by atoms with E-state index in [1.54, 1.807) is 44.4 Å². The van der Waals surface area contributed by atoms with E-state index in [9.17, 15) is 9.59 Å². The molecule has 1 heterocycles. The number of anilines is 2. The van der Waals surface area contributed by atoms with Crippen molar-refractivity contribution in [2.24, 2.45) is 0 Å². The van der Waals surface area contributed by atoms with Crippen molar-refractivity contribution in [3.63, 3.8) is 0 Å². The number of benzene rings is 2. The molecular formula is C21H20N2O5. The molecule has 0 amide bonds. The molecule has 0 fully saturated rings. The van der Waals surface area contributed by atoms with Crippen LogP contribution in [-0.2, 0) is 9.47 Å². The summed E-state index contributed by atoms with van der Waals surface area (Å²) in [6.45, 7) is 1.97. The number of esters is 2. The van der Waals surface area contributed by atoms with Crippen LogP contribution in [0, 0.1) is 0 Å². The first-order chi connectivity index (χ1) is 13.6. The molecule has 144 valence electrons. The fourth-order valence-electron chi connectivity index (χ4n) is 2.75. The molecule has 2 aromatic carbocycles. The van der Waals surface area contributed by atoms with Gasteiger partial charge >= 0.3 is 11.9 Å². The number of carbonyl (C=O) groups excluding carboxylic acids is 2. The van der Waals surface area contributed by atoms with Crippen molar-refractivity contribution in [1.82, 2.24) is 4.98 Å². The molecule has 7 heteroatoms. The van der Waals surface area contributed by atoms with Crippen molar-refractivity contribution in [2.45, 2.75) is 6.92 Å². The molecule has 7 nitrogen and oxygen atoms in total. The smallest absolute Gasteiger partial charge is 0.341 e. The quantitative estimate of drug-likeness (QED) is 0.648. The molecule has 0 aliphatic rings. The summed E-state index contributed by atoms with van der Waals surface area (Å²) < 4.78 is 15.1. The molecule has 0 aliphatic heterocycles. The van der Waals surface area contributed by atoms with Crippen LogP contribution in [0.4, 0.5) is 11.4 Å². The van der Waals surface area contributed by atoms with E-state index >= 15 is 0 Å². The third-order valence-electron chi connectivity index (χ3n) is 4.14. The van der Waals surface area contributed by atoms with Gasteiger partial charge < -0.3 is 19.5 Å². The van der Waals surface area contributed by atoms with Crippen molar-refractivity contribution in [3.8, 4) is 5.75 Å². The van der Waals surface area contributed by atoms with Crippen LogP contribution in [0.1, 0.15) is 27.6 Å². The lowest BCUT2D eigenvalue weighted by Gasteiger charge is -2.15. The summed E-state index contributed by atoms with van der Waals surface area (Å²) in [7, 11) is 2.91. The molecule has 28 heavy (non-hydrogen) atoms. The normalized spacial score (nSPS) is 10.4. The van der Waals surface area contributed by atoms with E-state index in [-0.39, 0.29) is 12.2 Å². The zero-order valence-corrected chi connectivity index (χ0v) is 15.8. The van der Waals surface area contributed by atoms with Gasteiger partial charge in [-0.2, -0.15) is 0 Å². The van der Waals surface area contributed by atoms with Gasteiger partial charge in [-0.05, 0) is 49.4 Å². The van der Waals surface area contributed by atoms with E-state index in [0.717, 1.165) is 5.69 Å². The predicted molar refractivity (Wildman–Crippen MR) is 105 cm³/mol. The number of ether oxygens (including phenoxy) is 3. The van der Waals surface area contributed by atoms with Gasteiger partial charge in [0.05, 0.1) is 37.6 Å². The molecule has 1 N–H and O–H groups in total. The monoisotopic (exact) mass is 380 g/mol. The maximum Gasteiger partial charge on any atom is 0.341 e. The van der Waals surface area contributed by atoms with E-state index in [2.05, 4.69) is 10.3 Å². The summed E-state index contributed by atoms with van der Waals surface area (Å²) >= 11 is 0. The Morgan fingerprint density at radius 2 is 1.79 bits per heavy atom. The Labute approximate surface area is 162 Å². The van der Waals surface area contributed by atoms with Crippen LogP contribution >= 0.6 is 0 Å².